The van der Waals surface area contributed by atoms with Gasteiger partial charge in [0.2, 0.25) is 0 Å². The molecule has 0 amide bonds. The molecule has 3 nitrogen and oxygen atoms in total. The first-order valence-corrected chi connectivity index (χ1v) is 8.19. The van der Waals surface area contributed by atoms with E-state index in [2.05, 4.69) is 6.92 Å². The van der Waals surface area contributed by atoms with Crippen LogP contribution in [0, 0.1) is 6.92 Å². The van der Waals surface area contributed by atoms with Gasteiger partial charge < -0.3 is 9.47 Å². The van der Waals surface area contributed by atoms with Crippen molar-refractivity contribution in [2.24, 2.45) is 0 Å². The van der Waals surface area contributed by atoms with E-state index in [1.165, 1.54) is 0 Å². The molecule has 0 aliphatic carbocycles. The number of benzene rings is 2. The van der Waals surface area contributed by atoms with E-state index in [9.17, 15) is 4.79 Å². The van der Waals surface area contributed by atoms with Crippen LogP contribution in [0.5, 0.6) is 5.75 Å². The van der Waals surface area contributed by atoms with E-state index < -0.39 is 6.16 Å². The molecule has 23 heavy (non-hydrogen) atoms. The molecule has 0 bridgehead atoms. The van der Waals surface area contributed by atoms with Crippen LogP contribution in [0.25, 0.3) is 0 Å². The fourth-order valence-corrected chi connectivity index (χ4v) is 2.44. The molecular formula is C20H24O3. The van der Waals surface area contributed by atoms with Crippen molar-refractivity contribution in [2.45, 2.75) is 45.6 Å². The molecule has 0 saturated heterocycles. The van der Waals surface area contributed by atoms with Crippen molar-refractivity contribution in [2.75, 3.05) is 0 Å². The van der Waals surface area contributed by atoms with Crippen molar-refractivity contribution >= 4 is 6.16 Å². The maximum Gasteiger partial charge on any atom is 0.514 e. The molecule has 2 aromatic rings. The summed E-state index contributed by atoms with van der Waals surface area (Å²) in [4.78, 5) is 12.1. The SMILES string of the molecule is CCCCCC(OC(=O)Oc1ccccc1C)c1ccccc1. The summed E-state index contributed by atoms with van der Waals surface area (Å²) in [5.74, 6) is 0.540. The van der Waals surface area contributed by atoms with Crippen molar-refractivity contribution < 1.29 is 14.3 Å². The minimum atomic E-state index is -0.648. The number of ether oxygens (including phenoxy) is 2. The minimum absolute atomic E-state index is 0.265. The third-order valence-electron chi connectivity index (χ3n) is 3.77. The summed E-state index contributed by atoms with van der Waals surface area (Å²) in [5.41, 5.74) is 1.91. The smallest absolute Gasteiger partial charge is 0.426 e. The van der Waals surface area contributed by atoms with Crippen LogP contribution in [0.15, 0.2) is 54.6 Å². The fraction of sp³-hybridized carbons (Fsp3) is 0.350. The third kappa shape index (κ3) is 5.44. The van der Waals surface area contributed by atoms with Crippen LogP contribution in [0.4, 0.5) is 4.79 Å². The Bertz CT molecular complexity index is 607. The topological polar surface area (TPSA) is 35.5 Å². The highest BCUT2D eigenvalue weighted by molar-refractivity contribution is 5.64. The second kappa shape index (κ2) is 8.99. The Balaban J connectivity index is 2.01. The summed E-state index contributed by atoms with van der Waals surface area (Å²) in [6.07, 6.45) is 3.17. The average molecular weight is 312 g/mol. The van der Waals surface area contributed by atoms with Crippen LogP contribution in [-0.2, 0) is 4.74 Å². The Labute approximate surface area is 138 Å². The van der Waals surface area contributed by atoms with E-state index in [4.69, 9.17) is 9.47 Å². The van der Waals surface area contributed by atoms with Crippen LogP contribution >= 0.6 is 0 Å². The lowest BCUT2D eigenvalue weighted by Crippen LogP contribution is -2.16. The molecule has 0 aromatic heterocycles. The molecule has 0 spiro atoms. The number of hydrogen-bond donors (Lipinski definition) is 0. The Kier molecular flexibility index (Phi) is 6.67. The molecule has 0 saturated carbocycles. The standard InChI is InChI=1S/C20H24O3/c1-3-4-6-15-19(17-12-7-5-8-13-17)23-20(21)22-18-14-10-9-11-16(18)2/h5,7-14,19H,3-4,6,15H2,1-2H3. The molecule has 3 heteroatoms. The Hall–Kier alpha value is -2.29. The molecule has 0 heterocycles. The van der Waals surface area contributed by atoms with Gasteiger partial charge in [0.1, 0.15) is 11.9 Å². The zero-order valence-corrected chi connectivity index (χ0v) is 13.8. The third-order valence-corrected chi connectivity index (χ3v) is 3.77. The lowest BCUT2D eigenvalue weighted by atomic mass is 10.0. The predicted molar refractivity (Wildman–Crippen MR) is 91.6 cm³/mol. The number of para-hydroxylation sites is 1. The summed E-state index contributed by atoms with van der Waals surface area (Å²) in [6.45, 7) is 4.06. The maximum absolute atomic E-state index is 12.1. The van der Waals surface area contributed by atoms with Crippen LogP contribution < -0.4 is 4.74 Å². The average Bonchev–Trinajstić information content (AvgIpc) is 2.57. The molecular weight excluding hydrogens is 288 g/mol. The zero-order chi connectivity index (χ0) is 16.5. The van der Waals surface area contributed by atoms with E-state index in [1.54, 1.807) is 6.07 Å². The van der Waals surface area contributed by atoms with Crippen molar-refractivity contribution in [1.29, 1.82) is 0 Å². The number of aryl methyl sites for hydroxylation is 1. The van der Waals surface area contributed by atoms with Gasteiger partial charge in [-0.1, -0.05) is 68.3 Å². The monoisotopic (exact) mass is 312 g/mol. The molecule has 2 aromatic carbocycles. The van der Waals surface area contributed by atoms with Gasteiger partial charge in [0.05, 0.1) is 0 Å². The van der Waals surface area contributed by atoms with E-state index in [0.29, 0.717) is 5.75 Å². The lowest BCUT2D eigenvalue weighted by Gasteiger charge is -2.18. The number of unbranched alkanes of at least 4 members (excludes halogenated alkanes) is 2. The molecule has 0 fully saturated rings. The first kappa shape index (κ1) is 17.1. The number of carbonyl (C=O) groups excluding carboxylic acids is 1. The molecule has 0 radical (unpaired) electrons. The van der Waals surface area contributed by atoms with Gasteiger partial charge in [-0.3, -0.25) is 0 Å². The van der Waals surface area contributed by atoms with Gasteiger partial charge in [0.15, 0.2) is 0 Å². The minimum Gasteiger partial charge on any atom is -0.426 e. The van der Waals surface area contributed by atoms with E-state index in [-0.39, 0.29) is 6.10 Å². The van der Waals surface area contributed by atoms with Crippen LogP contribution in [0.1, 0.15) is 49.8 Å². The molecule has 1 atom stereocenters. The molecule has 0 aliphatic heterocycles. The van der Waals surface area contributed by atoms with Gasteiger partial charge in [-0.25, -0.2) is 4.79 Å². The largest absolute Gasteiger partial charge is 0.514 e. The molecule has 0 N–H and O–H groups in total. The fourth-order valence-electron chi connectivity index (χ4n) is 2.44. The van der Waals surface area contributed by atoms with Crippen molar-refractivity contribution in [3.05, 3.63) is 65.7 Å². The van der Waals surface area contributed by atoms with E-state index in [0.717, 1.165) is 36.8 Å². The molecule has 0 aliphatic rings. The Morgan fingerprint density at radius 2 is 1.70 bits per heavy atom. The van der Waals surface area contributed by atoms with Crippen LogP contribution in [0.3, 0.4) is 0 Å². The zero-order valence-electron chi connectivity index (χ0n) is 13.8. The quantitative estimate of drug-likeness (QED) is 0.366. The second-order valence-corrected chi connectivity index (χ2v) is 5.63. The summed E-state index contributed by atoms with van der Waals surface area (Å²) in [5, 5.41) is 0. The van der Waals surface area contributed by atoms with Crippen molar-refractivity contribution in [3.63, 3.8) is 0 Å². The highest BCUT2D eigenvalue weighted by Crippen LogP contribution is 2.25. The number of carbonyl (C=O) groups is 1. The Morgan fingerprint density at radius 3 is 2.39 bits per heavy atom. The summed E-state index contributed by atoms with van der Waals surface area (Å²) >= 11 is 0. The van der Waals surface area contributed by atoms with Gasteiger partial charge in [-0.05, 0) is 37.0 Å². The van der Waals surface area contributed by atoms with Gasteiger partial charge >= 0.3 is 6.16 Å². The second-order valence-electron chi connectivity index (χ2n) is 5.63. The van der Waals surface area contributed by atoms with Crippen LogP contribution in [0.2, 0.25) is 0 Å². The maximum atomic E-state index is 12.1. The van der Waals surface area contributed by atoms with Crippen LogP contribution in [-0.4, -0.2) is 6.16 Å². The lowest BCUT2D eigenvalue weighted by molar-refractivity contribution is 0.0527. The predicted octanol–water partition coefficient (Wildman–Crippen LogP) is 5.83. The summed E-state index contributed by atoms with van der Waals surface area (Å²) in [6, 6.07) is 17.3. The van der Waals surface area contributed by atoms with Gasteiger partial charge in [-0.15, -0.1) is 0 Å². The van der Waals surface area contributed by atoms with Gasteiger partial charge in [0, 0.05) is 0 Å². The highest BCUT2D eigenvalue weighted by Gasteiger charge is 2.18. The first-order valence-electron chi connectivity index (χ1n) is 8.19. The number of rotatable bonds is 7. The van der Waals surface area contributed by atoms with E-state index >= 15 is 0 Å². The van der Waals surface area contributed by atoms with Crippen molar-refractivity contribution in [1.82, 2.24) is 0 Å². The van der Waals surface area contributed by atoms with E-state index in [1.807, 2.05) is 55.5 Å². The number of hydrogen-bond acceptors (Lipinski definition) is 3. The first-order chi connectivity index (χ1) is 11.2. The van der Waals surface area contributed by atoms with Gasteiger partial charge in [-0.2, -0.15) is 0 Å². The normalized spacial score (nSPS) is 11.7. The highest BCUT2D eigenvalue weighted by atomic mass is 16.7. The summed E-state index contributed by atoms with van der Waals surface area (Å²) < 4.78 is 10.9. The summed E-state index contributed by atoms with van der Waals surface area (Å²) in [7, 11) is 0. The Morgan fingerprint density at radius 1 is 1.00 bits per heavy atom. The molecule has 122 valence electrons. The van der Waals surface area contributed by atoms with Crippen molar-refractivity contribution in [3.8, 4) is 5.75 Å². The molecule has 2 rings (SSSR count). The molecule has 1 unspecified atom stereocenters. The van der Waals surface area contributed by atoms with Gasteiger partial charge in [0.25, 0.3) is 0 Å².